The molecule has 70 valence electrons. The molecule has 0 unspecified atom stereocenters. The SMILES string of the molecule is O=C(O)CCC(=O)Nc1nncs1. The van der Waals surface area contributed by atoms with Crippen molar-refractivity contribution in [2.75, 3.05) is 5.32 Å². The third-order valence-electron chi connectivity index (χ3n) is 1.17. The maximum atomic E-state index is 11.0. The minimum Gasteiger partial charge on any atom is -0.481 e. The third kappa shape index (κ3) is 3.61. The van der Waals surface area contributed by atoms with Crippen molar-refractivity contribution < 1.29 is 14.7 Å². The van der Waals surface area contributed by atoms with E-state index >= 15 is 0 Å². The van der Waals surface area contributed by atoms with Gasteiger partial charge in [-0.3, -0.25) is 9.59 Å². The molecule has 0 saturated carbocycles. The van der Waals surface area contributed by atoms with Crippen LogP contribution in [0.15, 0.2) is 5.51 Å². The number of nitrogens with one attached hydrogen (secondary N) is 1. The monoisotopic (exact) mass is 201 g/mol. The summed E-state index contributed by atoms with van der Waals surface area (Å²) in [5.74, 6) is -1.36. The standard InChI is InChI=1S/C6H7N3O3S/c10-4(1-2-5(11)12)8-6-9-7-3-13-6/h3H,1-2H2,(H,11,12)(H,8,9,10). The normalized spacial score (nSPS) is 9.54. The summed E-state index contributed by atoms with van der Waals surface area (Å²) < 4.78 is 0. The molecule has 1 rings (SSSR count). The Kier molecular flexibility index (Phi) is 3.32. The van der Waals surface area contributed by atoms with Gasteiger partial charge in [-0.15, -0.1) is 10.2 Å². The van der Waals surface area contributed by atoms with Gasteiger partial charge < -0.3 is 10.4 Å². The second-order valence-corrected chi connectivity index (χ2v) is 3.02. The maximum Gasteiger partial charge on any atom is 0.303 e. The number of carboxylic acid groups (broad SMARTS) is 1. The molecule has 0 spiro atoms. The van der Waals surface area contributed by atoms with Gasteiger partial charge in [0.2, 0.25) is 11.0 Å². The molecule has 0 bridgehead atoms. The lowest BCUT2D eigenvalue weighted by Crippen LogP contribution is -2.12. The molecular weight excluding hydrogens is 194 g/mol. The van der Waals surface area contributed by atoms with Gasteiger partial charge in [0.25, 0.3) is 0 Å². The molecule has 6 nitrogen and oxygen atoms in total. The Morgan fingerprint density at radius 1 is 1.54 bits per heavy atom. The quantitative estimate of drug-likeness (QED) is 0.732. The number of rotatable bonds is 4. The highest BCUT2D eigenvalue weighted by Crippen LogP contribution is 2.08. The van der Waals surface area contributed by atoms with Crippen LogP contribution in [0, 0.1) is 0 Å². The van der Waals surface area contributed by atoms with Gasteiger partial charge in [0.15, 0.2) is 0 Å². The van der Waals surface area contributed by atoms with Crippen LogP contribution in [-0.2, 0) is 9.59 Å². The van der Waals surface area contributed by atoms with E-state index in [1.807, 2.05) is 0 Å². The van der Waals surface area contributed by atoms with E-state index < -0.39 is 5.97 Å². The predicted octanol–water partition coefficient (Wildman–Crippen LogP) is 0.341. The molecule has 0 radical (unpaired) electrons. The van der Waals surface area contributed by atoms with Crippen molar-refractivity contribution in [3.63, 3.8) is 0 Å². The fraction of sp³-hybridized carbons (Fsp3) is 0.333. The first-order valence-corrected chi connectivity index (χ1v) is 4.34. The molecule has 0 saturated heterocycles. The molecule has 2 N–H and O–H groups in total. The molecule has 1 aromatic rings. The van der Waals surface area contributed by atoms with Crippen molar-refractivity contribution in [1.82, 2.24) is 10.2 Å². The molecule has 0 aliphatic heterocycles. The second-order valence-electron chi connectivity index (χ2n) is 2.19. The van der Waals surface area contributed by atoms with Gasteiger partial charge in [-0.2, -0.15) is 0 Å². The molecule has 1 heterocycles. The number of hydrogen-bond acceptors (Lipinski definition) is 5. The van der Waals surface area contributed by atoms with Crippen molar-refractivity contribution in [3.8, 4) is 0 Å². The highest BCUT2D eigenvalue weighted by Gasteiger charge is 2.06. The average molecular weight is 201 g/mol. The highest BCUT2D eigenvalue weighted by molar-refractivity contribution is 7.13. The van der Waals surface area contributed by atoms with E-state index in [0.29, 0.717) is 5.13 Å². The highest BCUT2D eigenvalue weighted by atomic mass is 32.1. The summed E-state index contributed by atoms with van der Waals surface area (Å²) in [7, 11) is 0. The summed E-state index contributed by atoms with van der Waals surface area (Å²) in [6.07, 6.45) is -0.223. The number of nitrogens with zero attached hydrogens (tertiary/aromatic N) is 2. The minimum atomic E-state index is -0.993. The summed E-state index contributed by atoms with van der Waals surface area (Å²) in [4.78, 5) is 21.1. The van der Waals surface area contributed by atoms with Crippen LogP contribution in [0.5, 0.6) is 0 Å². The van der Waals surface area contributed by atoms with E-state index in [1.54, 1.807) is 0 Å². The van der Waals surface area contributed by atoms with Crippen LogP contribution in [0.1, 0.15) is 12.8 Å². The fourth-order valence-electron chi connectivity index (χ4n) is 0.630. The van der Waals surface area contributed by atoms with E-state index in [4.69, 9.17) is 5.11 Å². The molecule has 7 heteroatoms. The first-order valence-electron chi connectivity index (χ1n) is 3.46. The Morgan fingerprint density at radius 2 is 2.31 bits per heavy atom. The van der Waals surface area contributed by atoms with Gasteiger partial charge in [-0.25, -0.2) is 0 Å². The maximum absolute atomic E-state index is 11.0. The van der Waals surface area contributed by atoms with Crippen molar-refractivity contribution >= 4 is 28.3 Å². The smallest absolute Gasteiger partial charge is 0.303 e. The van der Waals surface area contributed by atoms with E-state index in [0.717, 1.165) is 0 Å². The molecule has 1 aromatic heterocycles. The van der Waals surface area contributed by atoms with Crippen LogP contribution in [0.25, 0.3) is 0 Å². The van der Waals surface area contributed by atoms with Crippen molar-refractivity contribution in [2.45, 2.75) is 12.8 Å². The van der Waals surface area contributed by atoms with E-state index in [-0.39, 0.29) is 18.7 Å². The summed E-state index contributed by atoms with van der Waals surface area (Å²) >= 11 is 1.18. The van der Waals surface area contributed by atoms with Crippen LogP contribution in [0.2, 0.25) is 0 Å². The van der Waals surface area contributed by atoms with Crippen LogP contribution < -0.4 is 5.32 Å². The van der Waals surface area contributed by atoms with Gasteiger partial charge in [0.05, 0.1) is 6.42 Å². The number of anilines is 1. The van der Waals surface area contributed by atoms with Gasteiger partial charge in [0.1, 0.15) is 5.51 Å². The number of carboxylic acids is 1. The lowest BCUT2D eigenvalue weighted by atomic mass is 10.3. The van der Waals surface area contributed by atoms with Gasteiger partial charge >= 0.3 is 5.97 Å². The van der Waals surface area contributed by atoms with Crippen molar-refractivity contribution in [3.05, 3.63) is 5.51 Å². The zero-order valence-electron chi connectivity index (χ0n) is 6.56. The Bertz CT molecular complexity index is 298. The summed E-state index contributed by atoms with van der Waals surface area (Å²) in [6.45, 7) is 0. The van der Waals surface area contributed by atoms with Crippen molar-refractivity contribution in [1.29, 1.82) is 0 Å². The van der Waals surface area contributed by atoms with Gasteiger partial charge in [-0.1, -0.05) is 11.3 Å². The molecule has 0 aliphatic rings. The molecular formula is C6H7N3O3S. The van der Waals surface area contributed by atoms with E-state index in [1.165, 1.54) is 16.8 Å². The number of amides is 1. The lowest BCUT2D eigenvalue weighted by Gasteiger charge is -1.97. The van der Waals surface area contributed by atoms with Crippen LogP contribution >= 0.6 is 11.3 Å². The number of carbonyl (C=O) groups is 2. The first-order chi connectivity index (χ1) is 6.18. The number of hydrogen-bond donors (Lipinski definition) is 2. The molecule has 0 fully saturated rings. The first kappa shape index (κ1) is 9.59. The number of carbonyl (C=O) groups excluding carboxylic acids is 1. The van der Waals surface area contributed by atoms with Crippen LogP contribution in [-0.4, -0.2) is 27.2 Å². The topological polar surface area (TPSA) is 92.2 Å². The van der Waals surface area contributed by atoms with Crippen LogP contribution in [0.3, 0.4) is 0 Å². The van der Waals surface area contributed by atoms with Crippen molar-refractivity contribution in [2.24, 2.45) is 0 Å². The fourth-order valence-corrected chi connectivity index (χ4v) is 1.09. The summed E-state index contributed by atoms with van der Waals surface area (Å²) in [5.41, 5.74) is 1.48. The Balaban J connectivity index is 2.30. The van der Waals surface area contributed by atoms with E-state index in [9.17, 15) is 9.59 Å². The predicted molar refractivity (Wildman–Crippen MR) is 45.4 cm³/mol. The minimum absolute atomic E-state index is 0.0467. The average Bonchev–Trinajstić information content (AvgIpc) is 2.53. The molecule has 1 amide bonds. The molecule has 13 heavy (non-hydrogen) atoms. The van der Waals surface area contributed by atoms with Gasteiger partial charge in [-0.05, 0) is 0 Å². The van der Waals surface area contributed by atoms with Crippen LogP contribution in [0.4, 0.5) is 5.13 Å². The molecule has 0 atom stereocenters. The largest absolute Gasteiger partial charge is 0.481 e. The molecule has 0 aromatic carbocycles. The number of aliphatic carboxylic acids is 1. The lowest BCUT2D eigenvalue weighted by molar-refractivity contribution is -0.138. The Hall–Kier alpha value is -1.50. The zero-order chi connectivity index (χ0) is 9.68. The Labute approximate surface area is 77.6 Å². The Morgan fingerprint density at radius 3 is 2.85 bits per heavy atom. The van der Waals surface area contributed by atoms with Gasteiger partial charge in [0, 0.05) is 6.42 Å². The summed E-state index contributed by atoms with van der Waals surface area (Å²) in [5, 5.41) is 18.2. The number of aromatic nitrogens is 2. The third-order valence-corrected chi connectivity index (χ3v) is 1.78. The zero-order valence-corrected chi connectivity index (χ0v) is 7.37. The van der Waals surface area contributed by atoms with E-state index in [2.05, 4.69) is 15.5 Å². The summed E-state index contributed by atoms with van der Waals surface area (Å²) in [6, 6.07) is 0. The second kappa shape index (κ2) is 4.51. The molecule has 0 aliphatic carbocycles.